The Morgan fingerprint density at radius 1 is 0.773 bits per heavy atom. The number of benzene rings is 2. The predicted molar refractivity (Wildman–Crippen MR) is 86.0 cm³/mol. The van der Waals surface area contributed by atoms with Crippen molar-refractivity contribution >= 4 is 5.91 Å². The second-order valence-corrected chi connectivity index (χ2v) is 5.52. The minimum Gasteiger partial charge on any atom is -0.269 e. The van der Waals surface area contributed by atoms with Crippen LogP contribution >= 0.6 is 0 Å². The standard InChI is InChI=1S/C19H13NO2/c1-12-6-8-13(9-7-12)14-10-17-15-4-2-3-5-16(15)19(22)20(17)18(21)11-14/h2-11H,1H3. The molecular weight excluding hydrogens is 274 g/mol. The first-order valence-corrected chi connectivity index (χ1v) is 7.13. The normalized spacial score (nSPS) is 12.1. The van der Waals surface area contributed by atoms with Gasteiger partial charge in [-0.05, 0) is 30.2 Å². The van der Waals surface area contributed by atoms with E-state index >= 15 is 0 Å². The van der Waals surface area contributed by atoms with E-state index < -0.39 is 0 Å². The van der Waals surface area contributed by atoms with Gasteiger partial charge >= 0.3 is 0 Å². The van der Waals surface area contributed by atoms with Crippen LogP contribution in [-0.4, -0.2) is 10.5 Å². The smallest absolute Gasteiger partial charge is 0.266 e. The van der Waals surface area contributed by atoms with Crippen molar-refractivity contribution in [2.45, 2.75) is 6.92 Å². The molecule has 0 atom stereocenters. The van der Waals surface area contributed by atoms with Crippen molar-refractivity contribution in [1.29, 1.82) is 0 Å². The van der Waals surface area contributed by atoms with Gasteiger partial charge in [0.25, 0.3) is 11.5 Å². The van der Waals surface area contributed by atoms with Crippen LogP contribution in [0.1, 0.15) is 15.9 Å². The molecule has 0 fully saturated rings. The summed E-state index contributed by atoms with van der Waals surface area (Å²) in [6.07, 6.45) is 0. The number of aryl methyl sites for hydroxylation is 1. The summed E-state index contributed by atoms with van der Waals surface area (Å²) in [5.41, 5.74) is 4.77. The number of hydrogen-bond acceptors (Lipinski definition) is 2. The van der Waals surface area contributed by atoms with Crippen molar-refractivity contribution in [2.75, 3.05) is 0 Å². The molecule has 4 rings (SSSR count). The summed E-state index contributed by atoms with van der Waals surface area (Å²) in [7, 11) is 0. The van der Waals surface area contributed by atoms with Gasteiger partial charge in [0, 0.05) is 17.2 Å². The van der Waals surface area contributed by atoms with Gasteiger partial charge in [-0.25, -0.2) is 4.57 Å². The molecule has 3 nitrogen and oxygen atoms in total. The summed E-state index contributed by atoms with van der Waals surface area (Å²) in [5, 5.41) is 0. The van der Waals surface area contributed by atoms with Crippen LogP contribution in [0.3, 0.4) is 0 Å². The Hall–Kier alpha value is -2.94. The van der Waals surface area contributed by atoms with Crippen LogP contribution < -0.4 is 5.56 Å². The van der Waals surface area contributed by atoms with Crippen molar-refractivity contribution in [3.05, 3.63) is 82.1 Å². The van der Waals surface area contributed by atoms with Gasteiger partial charge in [0.1, 0.15) is 0 Å². The van der Waals surface area contributed by atoms with E-state index in [1.54, 1.807) is 6.07 Å². The molecule has 0 unspecified atom stereocenters. The fourth-order valence-corrected chi connectivity index (χ4v) is 2.90. The molecule has 2 heterocycles. The number of pyridine rings is 1. The van der Waals surface area contributed by atoms with E-state index in [1.807, 2.05) is 55.5 Å². The number of rotatable bonds is 1. The lowest BCUT2D eigenvalue weighted by molar-refractivity contribution is 0.0965. The number of fused-ring (bicyclic) bond motifs is 3. The number of carbonyl (C=O) groups excluding carboxylic acids is 1. The number of hydrogen-bond donors (Lipinski definition) is 0. The average molecular weight is 287 g/mol. The highest BCUT2D eigenvalue weighted by molar-refractivity contribution is 6.09. The third-order valence-corrected chi connectivity index (χ3v) is 4.05. The molecule has 0 N–H and O–H groups in total. The molecule has 3 heteroatoms. The van der Waals surface area contributed by atoms with Gasteiger partial charge in [-0.1, -0.05) is 48.0 Å². The third kappa shape index (κ3) is 1.76. The van der Waals surface area contributed by atoms with Crippen LogP contribution in [0, 0.1) is 6.92 Å². The fourth-order valence-electron chi connectivity index (χ4n) is 2.90. The maximum absolute atomic E-state index is 12.4. The number of carbonyl (C=O) groups is 1. The summed E-state index contributed by atoms with van der Waals surface area (Å²) < 4.78 is 1.25. The lowest BCUT2D eigenvalue weighted by Gasteiger charge is -2.06. The molecule has 0 spiro atoms. The minimum absolute atomic E-state index is 0.244. The first-order chi connectivity index (χ1) is 10.6. The van der Waals surface area contributed by atoms with E-state index in [0.717, 1.165) is 16.7 Å². The fraction of sp³-hybridized carbons (Fsp3) is 0.0526. The van der Waals surface area contributed by atoms with Crippen LogP contribution in [0.15, 0.2) is 65.5 Å². The van der Waals surface area contributed by atoms with Crippen molar-refractivity contribution < 1.29 is 4.79 Å². The average Bonchev–Trinajstić information content (AvgIpc) is 2.82. The van der Waals surface area contributed by atoms with Crippen LogP contribution in [0.2, 0.25) is 0 Å². The van der Waals surface area contributed by atoms with Gasteiger partial charge in [-0.3, -0.25) is 9.59 Å². The van der Waals surface area contributed by atoms with Crippen LogP contribution in [0.5, 0.6) is 0 Å². The molecule has 0 saturated heterocycles. The second kappa shape index (κ2) is 4.53. The van der Waals surface area contributed by atoms with Crippen molar-refractivity contribution in [3.8, 4) is 22.4 Å². The first-order valence-electron chi connectivity index (χ1n) is 7.13. The van der Waals surface area contributed by atoms with E-state index in [9.17, 15) is 9.59 Å². The predicted octanol–water partition coefficient (Wildman–Crippen LogP) is 3.49. The van der Waals surface area contributed by atoms with Gasteiger partial charge in [-0.15, -0.1) is 0 Å². The summed E-state index contributed by atoms with van der Waals surface area (Å²) in [6, 6.07) is 18.8. The molecule has 3 aromatic rings. The highest BCUT2D eigenvalue weighted by Crippen LogP contribution is 2.32. The lowest BCUT2D eigenvalue weighted by atomic mass is 10.0. The summed E-state index contributed by atoms with van der Waals surface area (Å²) in [6.45, 7) is 2.02. The van der Waals surface area contributed by atoms with Gasteiger partial charge in [0.05, 0.1) is 5.69 Å². The second-order valence-electron chi connectivity index (χ2n) is 5.52. The molecule has 0 amide bonds. The van der Waals surface area contributed by atoms with E-state index in [0.29, 0.717) is 11.3 Å². The molecule has 0 bridgehead atoms. The third-order valence-electron chi connectivity index (χ3n) is 4.05. The largest absolute Gasteiger partial charge is 0.269 e. The maximum Gasteiger partial charge on any atom is 0.266 e. The Morgan fingerprint density at radius 3 is 2.18 bits per heavy atom. The van der Waals surface area contributed by atoms with Crippen molar-refractivity contribution in [3.63, 3.8) is 0 Å². The first kappa shape index (κ1) is 12.8. The van der Waals surface area contributed by atoms with Gasteiger partial charge in [-0.2, -0.15) is 0 Å². The zero-order valence-electron chi connectivity index (χ0n) is 12.0. The number of aromatic nitrogens is 1. The highest BCUT2D eigenvalue weighted by atomic mass is 16.2. The van der Waals surface area contributed by atoms with E-state index in [1.165, 1.54) is 16.2 Å². The molecule has 0 aliphatic carbocycles. The maximum atomic E-state index is 12.4. The Morgan fingerprint density at radius 2 is 1.45 bits per heavy atom. The molecule has 22 heavy (non-hydrogen) atoms. The zero-order valence-corrected chi connectivity index (χ0v) is 12.0. The van der Waals surface area contributed by atoms with Gasteiger partial charge < -0.3 is 0 Å². The minimum atomic E-state index is -0.283. The molecule has 0 saturated carbocycles. The van der Waals surface area contributed by atoms with E-state index in [2.05, 4.69) is 0 Å². The molecule has 1 aliphatic rings. The monoisotopic (exact) mass is 287 g/mol. The van der Waals surface area contributed by atoms with Gasteiger partial charge in [0.15, 0.2) is 0 Å². The Labute approximate surface area is 127 Å². The molecule has 106 valence electrons. The Bertz CT molecular complexity index is 965. The Balaban J connectivity index is 1.98. The molecule has 0 radical (unpaired) electrons. The zero-order chi connectivity index (χ0) is 15.3. The molecule has 1 aromatic heterocycles. The molecule has 2 aromatic carbocycles. The van der Waals surface area contributed by atoms with Crippen LogP contribution in [0.25, 0.3) is 22.4 Å². The van der Waals surface area contributed by atoms with Crippen molar-refractivity contribution in [2.24, 2.45) is 0 Å². The SMILES string of the molecule is Cc1ccc(-c2cc3n(c(=O)c2)C(=O)c2ccccc2-3)cc1. The van der Waals surface area contributed by atoms with Crippen LogP contribution in [-0.2, 0) is 0 Å². The lowest BCUT2D eigenvalue weighted by Crippen LogP contribution is -2.23. The highest BCUT2D eigenvalue weighted by Gasteiger charge is 2.27. The summed E-state index contributed by atoms with van der Waals surface area (Å²) in [5.74, 6) is -0.244. The summed E-state index contributed by atoms with van der Waals surface area (Å²) >= 11 is 0. The topological polar surface area (TPSA) is 39.1 Å². The quantitative estimate of drug-likeness (QED) is 0.537. The summed E-state index contributed by atoms with van der Waals surface area (Å²) in [4.78, 5) is 24.8. The molecule has 1 aliphatic heterocycles. The van der Waals surface area contributed by atoms with Crippen molar-refractivity contribution in [1.82, 2.24) is 4.57 Å². The Kier molecular flexibility index (Phi) is 2.63. The number of nitrogens with zero attached hydrogens (tertiary/aromatic N) is 1. The van der Waals surface area contributed by atoms with Crippen LogP contribution in [0.4, 0.5) is 0 Å². The van der Waals surface area contributed by atoms with E-state index in [-0.39, 0.29) is 11.5 Å². The van der Waals surface area contributed by atoms with E-state index in [4.69, 9.17) is 0 Å². The van der Waals surface area contributed by atoms with Gasteiger partial charge in [0.2, 0.25) is 0 Å². The molecular formula is C19H13NO2.